The average molecular weight is 261 g/mol. The highest BCUT2D eigenvalue weighted by Crippen LogP contribution is 2.30. The molecule has 13 heavy (non-hydrogen) atoms. The predicted octanol–water partition coefficient (Wildman–Crippen LogP) is 2.31. The van der Waals surface area contributed by atoms with Gasteiger partial charge in [0.1, 0.15) is 0 Å². The van der Waals surface area contributed by atoms with Crippen LogP contribution in [-0.2, 0) is 0 Å². The van der Waals surface area contributed by atoms with Crippen LogP contribution in [0.25, 0.3) is 0 Å². The van der Waals surface area contributed by atoms with Gasteiger partial charge in [-0.05, 0) is 41.0 Å². The van der Waals surface area contributed by atoms with Gasteiger partial charge in [-0.15, -0.1) is 11.3 Å². The maximum absolute atomic E-state index is 3.49. The fourth-order valence-electron chi connectivity index (χ4n) is 1.64. The molecule has 2 rings (SSSR count). The molecule has 0 aromatic carbocycles. The molecular formula is C9H13BrN2S. The summed E-state index contributed by atoms with van der Waals surface area (Å²) in [4.78, 5) is 2.37. The number of hydrogen-bond donors (Lipinski definition) is 1. The molecule has 0 bridgehead atoms. The van der Waals surface area contributed by atoms with E-state index in [1.807, 2.05) is 0 Å². The summed E-state index contributed by atoms with van der Waals surface area (Å²) in [6.45, 7) is 2.27. The van der Waals surface area contributed by atoms with Gasteiger partial charge in [-0.3, -0.25) is 0 Å². The second-order valence-corrected chi connectivity index (χ2v) is 5.78. The molecule has 1 unspecified atom stereocenters. The summed E-state index contributed by atoms with van der Waals surface area (Å²) < 4.78 is 1.21. The third kappa shape index (κ3) is 2.06. The Morgan fingerprint density at radius 2 is 2.46 bits per heavy atom. The van der Waals surface area contributed by atoms with Gasteiger partial charge in [0.15, 0.2) is 0 Å². The van der Waals surface area contributed by atoms with Crippen molar-refractivity contribution in [1.29, 1.82) is 0 Å². The Bertz CT molecular complexity index is 281. The summed E-state index contributed by atoms with van der Waals surface area (Å²) in [5, 5.41) is 4.73. The Kier molecular flexibility index (Phi) is 2.91. The third-order valence-corrected chi connectivity index (χ3v) is 4.20. The fraction of sp³-hybridized carbons (Fsp3) is 0.556. The summed E-state index contributed by atoms with van der Waals surface area (Å²) >= 11 is 5.28. The monoisotopic (exact) mass is 260 g/mol. The summed E-state index contributed by atoms with van der Waals surface area (Å²) in [7, 11) is 2.18. The van der Waals surface area contributed by atoms with E-state index in [2.05, 4.69) is 45.3 Å². The predicted molar refractivity (Wildman–Crippen MR) is 61.7 cm³/mol. The van der Waals surface area contributed by atoms with E-state index >= 15 is 0 Å². The molecule has 1 saturated heterocycles. The number of hydrogen-bond acceptors (Lipinski definition) is 3. The van der Waals surface area contributed by atoms with E-state index in [0.717, 1.165) is 13.1 Å². The maximum atomic E-state index is 3.49. The van der Waals surface area contributed by atoms with Gasteiger partial charge in [-0.25, -0.2) is 0 Å². The number of thiophene rings is 1. The fourth-order valence-corrected chi connectivity index (χ4v) is 3.04. The summed E-state index contributed by atoms with van der Waals surface area (Å²) in [6, 6.07) is 4.96. The van der Waals surface area contributed by atoms with E-state index in [1.54, 1.807) is 11.3 Å². The smallest absolute Gasteiger partial charge is 0.0920 e. The van der Waals surface area contributed by atoms with Crippen molar-refractivity contribution in [2.45, 2.75) is 12.5 Å². The van der Waals surface area contributed by atoms with Gasteiger partial charge in [0.05, 0.1) is 8.79 Å². The van der Waals surface area contributed by atoms with Crippen LogP contribution in [0.3, 0.4) is 0 Å². The maximum Gasteiger partial charge on any atom is 0.0920 e. The topological polar surface area (TPSA) is 15.3 Å². The quantitative estimate of drug-likeness (QED) is 0.878. The number of nitrogens with zero attached hydrogens (tertiary/aromatic N) is 1. The molecule has 2 heterocycles. The minimum atomic E-state index is 0.672. The van der Waals surface area contributed by atoms with Crippen molar-refractivity contribution in [3.63, 3.8) is 0 Å². The van der Waals surface area contributed by atoms with Crippen LogP contribution in [0.2, 0.25) is 0 Å². The van der Waals surface area contributed by atoms with Crippen LogP contribution in [-0.4, -0.2) is 26.2 Å². The van der Waals surface area contributed by atoms with E-state index < -0.39 is 0 Å². The largest absolute Gasteiger partial charge is 0.362 e. The molecule has 0 radical (unpaired) electrons. The van der Waals surface area contributed by atoms with E-state index in [4.69, 9.17) is 0 Å². The molecule has 4 heteroatoms. The normalized spacial score (nSPS) is 22.2. The van der Waals surface area contributed by atoms with Crippen molar-refractivity contribution >= 4 is 32.3 Å². The Labute approximate surface area is 91.1 Å². The number of anilines is 1. The van der Waals surface area contributed by atoms with Gasteiger partial charge >= 0.3 is 0 Å². The lowest BCUT2D eigenvalue weighted by Crippen LogP contribution is -2.32. The first kappa shape index (κ1) is 9.49. The molecule has 1 aliphatic heterocycles. The van der Waals surface area contributed by atoms with Gasteiger partial charge in [-0.1, -0.05) is 0 Å². The van der Waals surface area contributed by atoms with Gasteiger partial charge in [0, 0.05) is 19.6 Å². The van der Waals surface area contributed by atoms with Crippen molar-refractivity contribution in [2.24, 2.45) is 0 Å². The molecule has 72 valence electrons. The van der Waals surface area contributed by atoms with Crippen molar-refractivity contribution in [1.82, 2.24) is 5.32 Å². The van der Waals surface area contributed by atoms with Crippen molar-refractivity contribution < 1.29 is 0 Å². The molecule has 1 aromatic rings. The average Bonchev–Trinajstić information content (AvgIpc) is 2.72. The van der Waals surface area contributed by atoms with Crippen LogP contribution in [0.1, 0.15) is 6.42 Å². The van der Waals surface area contributed by atoms with Crippen LogP contribution >= 0.6 is 27.3 Å². The van der Waals surface area contributed by atoms with Crippen molar-refractivity contribution in [3.8, 4) is 0 Å². The first-order chi connectivity index (χ1) is 6.27. The molecule has 1 aromatic heterocycles. The van der Waals surface area contributed by atoms with Gasteiger partial charge in [-0.2, -0.15) is 0 Å². The minimum absolute atomic E-state index is 0.672. The number of nitrogens with one attached hydrogen (secondary N) is 1. The van der Waals surface area contributed by atoms with Crippen LogP contribution in [0.15, 0.2) is 15.9 Å². The highest BCUT2D eigenvalue weighted by molar-refractivity contribution is 9.11. The standard InChI is InChI=1S/C9H13BrN2S/c1-12(7-4-5-11-6-7)9-3-2-8(10)13-9/h2-3,7,11H,4-6H2,1H3. The zero-order chi connectivity index (χ0) is 9.26. The van der Waals surface area contributed by atoms with E-state index in [-0.39, 0.29) is 0 Å². The molecule has 2 nitrogen and oxygen atoms in total. The van der Waals surface area contributed by atoms with Crippen LogP contribution in [0, 0.1) is 0 Å². The van der Waals surface area contributed by atoms with E-state index in [1.165, 1.54) is 15.2 Å². The van der Waals surface area contributed by atoms with Gasteiger partial charge < -0.3 is 10.2 Å². The van der Waals surface area contributed by atoms with Crippen LogP contribution in [0.4, 0.5) is 5.00 Å². The zero-order valence-corrected chi connectivity index (χ0v) is 9.99. The van der Waals surface area contributed by atoms with E-state index in [0.29, 0.717) is 6.04 Å². The molecule has 1 N–H and O–H groups in total. The highest BCUT2D eigenvalue weighted by atomic mass is 79.9. The molecular weight excluding hydrogens is 248 g/mol. The Morgan fingerprint density at radius 1 is 1.62 bits per heavy atom. The molecule has 1 atom stereocenters. The Balaban J connectivity index is 2.07. The summed E-state index contributed by atoms with van der Waals surface area (Å²) in [6.07, 6.45) is 1.26. The lowest BCUT2D eigenvalue weighted by Gasteiger charge is -2.23. The summed E-state index contributed by atoms with van der Waals surface area (Å²) in [5.74, 6) is 0. The SMILES string of the molecule is CN(c1ccc(Br)s1)C1CCNC1. The number of likely N-dealkylation sites (N-methyl/N-ethyl adjacent to an activating group) is 1. The first-order valence-corrected chi connectivity index (χ1v) is 6.07. The molecule has 1 fully saturated rings. The lowest BCUT2D eigenvalue weighted by molar-refractivity contribution is 0.690. The van der Waals surface area contributed by atoms with Gasteiger partial charge in [0.25, 0.3) is 0 Å². The van der Waals surface area contributed by atoms with Crippen LogP contribution < -0.4 is 10.2 Å². The van der Waals surface area contributed by atoms with Crippen LogP contribution in [0.5, 0.6) is 0 Å². The third-order valence-electron chi connectivity index (χ3n) is 2.49. The first-order valence-electron chi connectivity index (χ1n) is 4.46. The minimum Gasteiger partial charge on any atom is -0.362 e. The molecule has 0 amide bonds. The van der Waals surface area contributed by atoms with Crippen molar-refractivity contribution in [2.75, 3.05) is 25.0 Å². The number of halogens is 1. The summed E-state index contributed by atoms with van der Waals surface area (Å²) in [5.41, 5.74) is 0. The second kappa shape index (κ2) is 3.98. The zero-order valence-electron chi connectivity index (χ0n) is 7.59. The molecule has 0 saturated carbocycles. The molecule has 1 aliphatic rings. The second-order valence-electron chi connectivity index (χ2n) is 3.34. The Morgan fingerprint density at radius 3 is 3.00 bits per heavy atom. The highest BCUT2D eigenvalue weighted by Gasteiger charge is 2.20. The van der Waals surface area contributed by atoms with Gasteiger partial charge in [0.2, 0.25) is 0 Å². The Hall–Kier alpha value is -0.0600. The molecule has 0 aliphatic carbocycles. The number of rotatable bonds is 2. The van der Waals surface area contributed by atoms with Crippen molar-refractivity contribution in [3.05, 3.63) is 15.9 Å². The van der Waals surface area contributed by atoms with E-state index in [9.17, 15) is 0 Å². The molecule has 0 spiro atoms. The lowest BCUT2D eigenvalue weighted by atomic mass is 10.2.